The standard InChI is InChI=1S/C14H24N2O5/c1-3-16(12-9-21-8-11(12)13(17)18)14(19)15-6-4-5-10(7-15)20-2/h10-12H,3-9H2,1-2H3,(H,17,18). The maximum Gasteiger partial charge on any atom is 0.320 e. The van der Waals surface area contributed by atoms with Crippen LogP contribution in [-0.4, -0.2) is 79.0 Å². The lowest BCUT2D eigenvalue weighted by atomic mass is 10.0. The summed E-state index contributed by atoms with van der Waals surface area (Å²) < 4.78 is 10.6. The molecule has 7 nitrogen and oxygen atoms in total. The van der Waals surface area contributed by atoms with E-state index >= 15 is 0 Å². The number of likely N-dealkylation sites (tertiary alicyclic amines) is 1. The molecule has 0 radical (unpaired) electrons. The molecule has 2 aliphatic heterocycles. The van der Waals surface area contributed by atoms with E-state index in [1.165, 1.54) is 0 Å². The van der Waals surface area contributed by atoms with Gasteiger partial charge in [-0.3, -0.25) is 4.79 Å². The number of hydrogen-bond donors (Lipinski definition) is 1. The first-order chi connectivity index (χ1) is 10.1. The summed E-state index contributed by atoms with van der Waals surface area (Å²) >= 11 is 0. The molecule has 7 heteroatoms. The Morgan fingerprint density at radius 1 is 1.43 bits per heavy atom. The van der Waals surface area contributed by atoms with Gasteiger partial charge in [-0.2, -0.15) is 0 Å². The minimum atomic E-state index is -0.905. The van der Waals surface area contributed by atoms with Gasteiger partial charge < -0.3 is 24.4 Å². The molecular weight excluding hydrogens is 276 g/mol. The van der Waals surface area contributed by atoms with Crippen LogP contribution in [0.4, 0.5) is 4.79 Å². The predicted octanol–water partition coefficient (Wildman–Crippen LogP) is 0.639. The van der Waals surface area contributed by atoms with Gasteiger partial charge in [0.1, 0.15) is 5.92 Å². The van der Waals surface area contributed by atoms with Crippen LogP contribution in [0.15, 0.2) is 0 Å². The fraction of sp³-hybridized carbons (Fsp3) is 0.857. The molecule has 0 aromatic heterocycles. The Kier molecular flexibility index (Phi) is 5.41. The first-order valence-electron chi connectivity index (χ1n) is 7.47. The van der Waals surface area contributed by atoms with Crippen LogP contribution < -0.4 is 0 Å². The Balaban J connectivity index is 2.06. The van der Waals surface area contributed by atoms with E-state index in [0.29, 0.717) is 19.6 Å². The number of methoxy groups -OCH3 is 1. The maximum absolute atomic E-state index is 12.7. The van der Waals surface area contributed by atoms with Crippen molar-refractivity contribution in [1.29, 1.82) is 0 Å². The Labute approximate surface area is 124 Å². The van der Waals surface area contributed by atoms with Crippen LogP contribution in [-0.2, 0) is 14.3 Å². The van der Waals surface area contributed by atoms with Gasteiger partial charge in [-0.25, -0.2) is 4.79 Å². The van der Waals surface area contributed by atoms with Crippen LogP contribution in [0.1, 0.15) is 19.8 Å². The van der Waals surface area contributed by atoms with E-state index in [1.54, 1.807) is 16.9 Å². The minimum Gasteiger partial charge on any atom is -0.481 e. The first kappa shape index (κ1) is 16.0. The van der Waals surface area contributed by atoms with E-state index in [-0.39, 0.29) is 31.4 Å². The van der Waals surface area contributed by atoms with E-state index in [9.17, 15) is 14.7 Å². The second-order valence-electron chi connectivity index (χ2n) is 5.56. The minimum absolute atomic E-state index is 0.0662. The summed E-state index contributed by atoms with van der Waals surface area (Å²) in [6.45, 7) is 4.07. The highest BCUT2D eigenvalue weighted by atomic mass is 16.5. The number of amides is 2. The Morgan fingerprint density at radius 2 is 2.19 bits per heavy atom. The zero-order chi connectivity index (χ0) is 15.4. The average Bonchev–Trinajstić information content (AvgIpc) is 2.97. The molecule has 2 rings (SSSR count). The third kappa shape index (κ3) is 3.47. The molecule has 21 heavy (non-hydrogen) atoms. The molecule has 120 valence electrons. The summed E-state index contributed by atoms with van der Waals surface area (Å²) in [5.41, 5.74) is 0. The number of carbonyl (C=O) groups is 2. The van der Waals surface area contributed by atoms with Gasteiger partial charge in [-0.15, -0.1) is 0 Å². The third-order valence-corrected chi connectivity index (χ3v) is 4.34. The predicted molar refractivity (Wildman–Crippen MR) is 75.1 cm³/mol. The smallest absolute Gasteiger partial charge is 0.320 e. The van der Waals surface area contributed by atoms with Gasteiger partial charge in [0.25, 0.3) is 0 Å². The lowest BCUT2D eigenvalue weighted by molar-refractivity contribution is -0.142. The summed E-state index contributed by atoms with van der Waals surface area (Å²) in [6.07, 6.45) is 1.93. The van der Waals surface area contributed by atoms with Gasteiger partial charge in [0.15, 0.2) is 0 Å². The van der Waals surface area contributed by atoms with Gasteiger partial charge in [-0.05, 0) is 19.8 Å². The number of piperidine rings is 1. The Hall–Kier alpha value is -1.34. The Bertz CT molecular complexity index is 390. The molecule has 3 unspecified atom stereocenters. The highest BCUT2D eigenvalue weighted by Gasteiger charge is 2.41. The normalized spacial score (nSPS) is 29.4. The van der Waals surface area contributed by atoms with Gasteiger partial charge in [0.05, 0.1) is 25.4 Å². The SMILES string of the molecule is CCN(C(=O)N1CCCC(OC)C1)C1COCC1C(=O)O. The van der Waals surface area contributed by atoms with E-state index in [2.05, 4.69) is 0 Å². The number of carboxylic acids is 1. The van der Waals surface area contributed by atoms with Crippen LogP contribution in [0.25, 0.3) is 0 Å². The Morgan fingerprint density at radius 3 is 2.81 bits per heavy atom. The summed E-state index contributed by atoms with van der Waals surface area (Å²) in [4.78, 5) is 27.4. The van der Waals surface area contributed by atoms with Crippen molar-refractivity contribution < 1.29 is 24.2 Å². The molecule has 0 aromatic carbocycles. The number of carbonyl (C=O) groups excluding carboxylic acids is 1. The van der Waals surface area contributed by atoms with Crippen molar-refractivity contribution in [2.75, 3.05) is 40.0 Å². The molecule has 1 N–H and O–H groups in total. The van der Waals surface area contributed by atoms with Crippen LogP contribution >= 0.6 is 0 Å². The molecule has 3 atom stereocenters. The van der Waals surface area contributed by atoms with Crippen molar-refractivity contribution in [2.24, 2.45) is 5.92 Å². The maximum atomic E-state index is 12.7. The van der Waals surface area contributed by atoms with E-state index in [0.717, 1.165) is 12.8 Å². The molecule has 2 saturated heterocycles. The second kappa shape index (κ2) is 7.09. The van der Waals surface area contributed by atoms with E-state index in [1.807, 2.05) is 6.92 Å². The summed E-state index contributed by atoms with van der Waals surface area (Å²) in [5.74, 6) is -1.55. The lowest BCUT2D eigenvalue weighted by Gasteiger charge is -2.38. The summed E-state index contributed by atoms with van der Waals surface area (Å²) in [6, 6.07) is -0.496. The molecule has 2 heterocycles. The molecule has 2 aliphatic rings. The number of urea groups is 1. The molecule has 2 amide bonds. The van der Waals surface area contributed by atoms with Crippen molar-refractivity contribution in [2.45, 2.75) is 31.9 Å². The van der Waals surface area contributed by atoms with Crippen LogP contribution in [0, 0.1) is 5.92 Å². The number of rotatable bonds is 4. The molecule has 0 aromatic rings. The average molecular weight is 300 g/mol. The number of nitrogens with zero attached hydrogens (tertiary/aromatic N) is 2. The topological polar surface area (TPSA) is 79.3 Å². The fourth-order valence-corrected chi connectivity index (χ4v) is 3.08. The monoisotopic (exact) mass is 300 g/mol. The van der Waals surface area contributed by atoms with E-state index < -0.39 is 11.9 Å². The number of aliphatic carboxylic acids is 1. The van der Waals surface area contributed by atoms with Crippen LogP contribution in [0.3, 0.4) is 0 Å². The lowest BCUT2D eigenvalue weighted by Crippen LogP contribution is -2.54. The largest absolute Gasteiger partial charge is 0.481 e. The zero-order valence-corrected chi connectivity index (χ0v) is 12.7. The molecular formula is C14H24N2O5. The third-order valence-electron chi connectivity index (χ3n) is 4.34. The number of carboxylic acid groups (broad SMARTS) is 1. The fourth-order valence-electron chi connectivity index (χ4n) is 3.08. The summed E-state index contributed by atoms with van der Waals surface area (Å²) in [5, 5.41) is 9.25. The van der Waals surface area contributed by atoms with Gasteiger partial charge in [0.2, 0.25) is 0 Å². The first-order valence-corrected chi connectivity index (χ1v) is 7.47. The van der Waals surface area contributed by atoms with Gasteiger partial charge in [-0.1, -0.05) is 0 Å². The molecule has 0 saturated carbocycles. The molecule has 2 fully saturated rings. The molecule has 0 spiro atoms. The van der Waals surface area contributed by atoms with Crippen molar-refractivity contribution in [1.82, 2.24) is 9.80 Å². The van der Waals surface area contributed by atoms with Gasteiger partial charge in [0, 0.05) is 26.7 Å². The number of likely N-dealkylation sites (N-methyl/N-ethyl adjacent to an activating group) is 1. The zero-order valence-electron chi connectivity index (χ0n) is 12.7. The molecule has 0 aliphatic carbocycles. The number of ether oxygens (including phenoxy) is 2. The summed E-state index contributed by atoms with van der Waals surface area (Å²) in [7, 11) is 1.65. The number of hydrogen-bond acceptors (Lipinski definition) is 4. The highest BCUT2D eigenvalue weighted by molar-refractivity contribution is 5.77. The second-order valence-corrected chi connectivity index (χ2v) is 5.56. The van der Waals surface area contributed by atoms with Crippen molar-refractivity contribution in [3.8, 4) is 0 Å². The van der Waals surface area contributed by atoms with Crippen LogP contribution in [0.5, 0.6) is 0 Å². The van der Waals surface area contributed by atoms with Crippen molar-refractivity contribution in [3.05, 3.63) is 0 Å². The van der Waals surface area contributed by atoms with Crippen molar-refractivity contribution >= 4 is 12.0 Å². The van der Waals surface area contributed by atoms with Crippen molar-refractivity contribution in [3.63, 3.8) is 0 Å². The van der Waals surface area contributed by atoms with Gasteiger partial charge >= 0.3 is 12.0 Å². The van der Waals surface area contributed by atoms with Crippen LogP contribution in [0.2, 0.25) is 0 Å². The molecule has 0 bridgehead atoms. The highest BCUT2D eigenvalue weighted by Crippen LogP contribution is 2.23. The van der Waals surface area contributed by atoms with E-state index in [4.69, 9.17) is 9.47 Å². The quantitative estimate of drug-likeness (QED) is 0.824.